The first-order chi connectivity index (χ1) is 10.2. The zero-order chi connectivity index (χ0) is 14.9. The van der Waals surface area contributed by atoms with Crippen LogP contribution in [0.2, 0.25) is 0 Å². The lowest BCUT2D eigenvalue weighted by molar-refractivity contribution is -0.122. The monoisotopic (exact) mass is 308 g/mol. The van der Waals surface area contributed by atoms with E-state index in [9.17, 15) is 4.79 Å². The van der Waals surface area contributed by atoms with E-state index in [0.29, 0.717) is 13.1 Å². The third-order valence-corrected chi connectivity index (χ3v) is 4.44. The van der Waals surface area contributed by atoms with Crippen molar-refractivity contribution in [1.29, 1.82) is 0 Å². The summed E-state index contributed by atoms with van der Waals surface area (Å²) in [5, 5.41) is 2.95. The van der Waals surface area contributed by atoms with Gasteiger partial charge in [0.25, 0.3) is 0 Å². The number of carbonyl (C=O) groups is 1. The van der Waals surface area contributed by atoms with E-state index in [4.69, 9.17) is 4.74 Å². The topological polar surface area (TPSA) is 41.6 Å². The number of nitrogens with one attached hydrogen (secondary N) is 1. The van der Waals surface area contributed by atoms with Gasteiger partial charge in [0.2, 0.25) is 5.91 Å². The Morgan fingerprint density at radius 2 is 2.24 bits per heavy atom. The molecule has 1 fully saturated rings. The number of likely N-dealkylation sites (N-methyl/N-ethyl adjacent to an activating group) is 1. The number of benzene rings is 1. The van der Waals surface area contributed by atoms with Crippen molar-refractivity contribution in [3.05, 3.63) is 30.3 Å². The molecular formula is C16H24N2O2S. The van der Waals surface area contributed by atoms with Gasteiger partial charge in [-0.15, -0.1) is 11.8 Å². The van der Waals surface area contributed by atoms with Crippen LogP contribution in [0, 0.1) is 0 Å². The Hall–Kier alpha value is -1.04. The molecule has 116 valence electrons. The van der Waals surface area contributed by atoms with E-state index < -0.39 is 0 Å². The summed E-state index contributed by atoms with van der Waals surface area (Å²) in [7, 11) is 1.98. The molecule has 1 atom stereocenters. The summed E-state index contributed by atoms with van der Waals surface area (Å²) in [5.74, 6) is 1.07. The highest BCUT2D eigenvalue weighted by atomic mass is 32.2. The van der Waals surface area contributed by atoms with Crippen molar-refractivity contribution >= 4 is 17.7 Å². The predicted octanol–water partition coefficient (Wildman–Crippen LogP) is 2.01. The van der Waals surface area contributed by atoms with Gasteiger partial charge in [-0.25, -0.2) is 0 Å². The third-order valence-electron chi connectivity index (χ3n) is 3.45. The Balaban J connectivity index is 1.55. The maximum Gasteiger partial charge on any atom is 0.234 e. The lowest BCUT2D eigenvalue weighted by Gasteiger charge is -2.17. The predicted molar refractivity (Wildman–Crippen MR) is 86.6 cm³/mol. The van der Waals surface area contributed by atoms with E-state index in [1.54, 1.807) is 0 Å². The second-order valence-electron chi connectivity index (χ2n) is 5.34. The fraction of sp³-hybridized carbons (Fsp3) is 0.562. The number of ether oxygens (including phenoxy) is 1. The van der Waals surface area contributed by atoms with Crippen molar-refractivity contribution < 1.29 is 9.53 Å². The van der Waals surface area contributed by atoms with Crippen LogP contribution >= 0.6 is 11.8 Å². The minimum atomic E-state index is 0.0812. The van der Waals surface area contributed by atoms with E-state index in [2.05, 4.69) is 22.3 Å². The lowest BCUT2D eigenvalue weighted by atomic mass is 10.2. The van der Waals surface area contributed by atoms with Crippen LogP contribution < -0.4 is 5.32 Å². The van der Waals surface area contributed by atoms with Crippen molar-refractivity contribution in [1.82, 2.24) is 10.2 Å². The summed E-state index contributed by atoms with van der Waals surface area (Å²) in [6.07, 6.45) is 2.38. The Morgan fingerprint density at radius 1 is 1.43 bits per heavy atom. The van der Waals surface area contributed by atoms with Crippen LogP contribution in [-0.2, 0) is 9.53 Å². The summed E-state index contributed by atoms with van der Waals surface area (Å²) in [4.78, 5) is 15.2. The average Bonchev–Trinajstić information content (AvgIpc) is 2.99. The molecule has 1 aromatic rings. The van der Waals surface area contributed by atoms with Crippen molar-refractivity contribution in [3.63, 3.8) is 0 Å². The highest BCUT2D eigenvalue weighted by Gasteiger charge is 2.16. The normalized spacial score (nSPS) is 18.1. The van der Waals surface area contributed by atoms with Crippen LogP contribution in [0.15, 0.2) is 35.2 Å². The van der Waals surface area contributed by atoms with Gasteiger partial charge in [0.05, 0.1) is 12.6 Å². The van der Waals surface area contributed by atoms with Crippen LogP contribution in [0.25, 0.3) is 0 Å². The Kier molecular flexibility index (Phi) is 7.06. The Bertz CT molecular complexity index is 422. The molecule has 1 aromatic carbocycles. The van der Waals surface area contributed by atoms with Gasteiger partial charge in [-0.2, -0.15) is 0 Å². The van der Waals surface area contributed by atoms with Gasteiger partial charge < -0.3 is 10.1 Å². The van der Waals surface area contributed by atoms with Crippen molar-refractivity contribution in [2.75, 3.05) is 39.0 Å². The maximum atomic E-state index is 11.8. The molecule has 1 heterocycles. The first kappa shape index (κ1) is 16.3. The number of carbonyl (C=O) groups excluding carboxylic acids is 1. The summed E-state index contributed by atoms with van der Waals surface area (Å²) in [5.41, 5.74) is 0. The summed E-state index contributed by atoms with van der Waals surface area (Å²) >= 11 is 1.82. The van der Waals surface area contributed by atoms with Crippen LogP contribution in [0.1, 0.15) is 12.8 Å². The van der Waals surface area contributed by atoms with E-state index >= 15 is 0 Å². The minimum Gasteiger partial charge on any atom is -0.376 e. The van der Waals surface area contributed by atoms with Gasteiger partial charge in [0.15, 0.2) is 0 Å². The first-order valence-corrected chi connectivity index (χ1v) is 8.47. The van der Waals surface area contributed by atoms with Gasteiger partial charge in [0, 0.05) is 30.3 Å². The first-order valence-electron chi connectivity index (χ1n) is 7.49. The molecule has 0 radical (unpaired) electrons. The van der Waals surface area contributed by atoms with Crippen molar-refractivity contribution in [2.45, 2.75) is 23.8 Å². The van der Waals surface area contributed by atoms with Gasteiger partial charge in [0.1, 0.15) is 0 Å². The number of nitrogens with zero attached hydrogens (tertiary/aromatic N) is 1. The molecule has 1 aliphatic rings. The molecule has 0 aromatic heterocycles. The number of hydrogen-bond acceptors (Lipinski definition) is 4. The van der Waals surface area contributed by atoms with E-state index in [1.807, 2.05) is 37.0 Å². The van der Waals surface area contributed by atoms with Gasteiger partial charge in [-0.3, -0.25) is 9.69 Å². The number of thioether (sulfide) groups is 1. The smallest absolute Gasteiger partial charge is 0.234 e. The van der Waals surface area contributed by atoms with Crippen molar-refractivity contribution in [2.24, 2.45) is 0 Å². The molecule has 0 unspecified atom stereocenters. The van der Waals surface area contributed by atoms with E-state index in [1.165, 1.54) is 4.90 Å². The minimum absolute atomic E-state index is 0.0812. The molecule has 1 N–H and O–H groups in total. The van der Waals surface area contributed by atoms with Crippen LogP contribution in [-0.4, -0.2) is 56.0 Å². The second-order valence-corrected chi connectivity index (χ2v) is 6.51. The molecule has 5 heteroatoms. The lowest BCUT2D eigenvalue weighted by Crippen LogP contribution is -2.39. The van der Waals surface area contributed by atoms with Crippen LogP contribution in [0.3, 0.4) is 0 Å². The van der Waals surface area contributed by atoms with Crippen LogP contribution in [0.5, 0.6) is 0 Å². The third kappa shape index (κ3) is 6.50. The molecule has 0 saturated carbocycles. The largest absolute Gasteiger partial charge is 0.376 e. The molecule has 1 aliphatic heterocycles. The van der Waals surface area contributed by atoms with Gasteiger partial charge in [-0.1, -0.05) is 18.2 Å². The molecular weight excluding hydrogens is 284 g/mol. The van der Waals surface area contributed by atoms with Crippen molar-refractivity contribution in [3.8, 4) is 0 Å². The van der Waals surface area contributed by atoms with Gasteiger partial charge in [-0.05, 0) is 32.0 Å². The number of hydrogen-bond donors (Lipinski definition) is 1. The second kappa shape index (κ2) is 9.07. The SMILES string of the molecule is CN(CCSc1ccccc1)CC(=O)NC[C@@H]1CCCO1. The molecule has 21 heavy (non-hydrogen) atoms. The highest BCUT2D eigenvalue weighted by Crippen LogP contribution is 2.16. The highest BCUT2D eigenvalue weighted by molar-refractivity contribution is 7.99. The maximum absolute atomic E-state index is 11.8. The average molecular weight is 308 g/mol. The zero-order valence-electron chi connectivity index (χ0n) is 12.6. The Morgan fingerprint density at radius 3 is 2.95 bits per heavy atom. The summed E-state index contributed by atoms with van der Waals surface area (Å²) in [6.45, 7) is 2.82. The van der Waals surface area contributed by atoms with E-state index in [-0.39, 0.29) is 12.0 Å². The quantitative estimate of drug-likeness (QED) is 0.746. The fourth-order valence-electron chi connectivity index (χ4n) is 2.25. The van der Waals surface area contributed by atoms with E-state index in [0.717, 1.165) is 31.7 Å². The molecule has 1 saturated heterocycles. The molecule has 2 rings (SSSR count). The molecule has 4 nitrogen and oxygen atoms in total. The summed E-state index contributed by atoms with van der Waals surface area (Å²) < 4.78 is 5.49. The molecule has 0 bridgehead atoms. The number of amides is 1. The number of rotatable bonds is 8. The summed E-state index contributed by atoms with van der Waals surface area (Å²) in [6, 6.07) is 10.3. The zero-order valence-corrected chi connectivity index (χ0v) is 13.4. The van der Waals surface area contributed by atoms with Crippen LogP contribution in [0.4, 0.5) is 0 Å². The Labute approximate surface area is 131 Å². The molecule has 0 spiro atoms. The van der Waals surface area contributed by atoms with Gasteiger partial charge >= 0.3 is 0 Å². The fourth-order valence-corrected chi connectivity index (χ4v) is 3.24. The standard InChI is InChI=1S/C16H24N2O2S/c1-18(9-11-21-15-7-3-2-4-8-15)13-16(19)17-12-14-6-5-10-20-14/h2-4,7-8,14H,5-6,9-13H2,1H3,(H,17,19)/t14-/m0/s1. The molecule has 1 amide bonds. The molecule has 0 aliphatic carbocycles.